The molecule has 0 aliphatic rings. The second-order valence-electron chi connectivity index (χ2n) is 6.08. The fourth-order valence-corrected chi connectivity index (χ4v) is 2.79. The zero-order chi connectivity index (χ0) is 23.6. The molecule has 0 fully saturated rings. The van der Waals surface area contributed by atoms with Gasteiger partial charge in [0.2, 0.25) is 0 Å². The van der Waals surface area contributed by atoms with Gasteiger partial charge in [-0.3, -0.25) is 9.48 Å². The normalized spacial score (nSPS) is 13.2. The maximum Gasteiger partial charge on any atom is 0.525 e. The molecule has 2 rings (SSSR count). The van der Waals surface area contributed by atoms with Crippen molar-refractivity contribution in [3.05, 3.63) is 46.0 Å². The Labute approximate surface area is 175 Å². The molecule has 1 aromatic carbocycles. The summed E-state index contributed by atoms with van der Waals surface area (Å²) in [6.45, 7) is 1.52. The van der Waals surface area contributed by atoms with E-state index in [1.54, 1.807) is 6.92 Å². The van der Waals surface area contributed by atoms with Gasteiger partial charge in [0.05, 0.1) is 10.7 Å². The Kier molecular flexibility index (Phi) is 7.42. The first-order valence-electron chi connectivity index (χ1n) is 8.48. The highest BCUT2D eigenvalue weighted by atomic mass is 35.5. The molecule has 0 aliphatic heterocycles. The van der Waals surface area contributed by atoms with E-state index >= 15 is 0 Å². The number of aromatic nitrogens is 2. The SMILES string of the molecule is CCc1nn(C)c(C(=O)NCc2ccc(OC(F)(F)C(F)OC(F)(F)F)c(F)c2)c1Cl. The van der Waals surface area contributed by atoms with Gasteiger partial charge in [-0.2, -0.15) is 13.9 Å². The summed E-state index contributed by atoms with van der Waals surface area (Å²) in [7, 11) is 1.49. The standard InChI is InChI=1S/C17H15ClF7N3O3/c1-3-10-12(18)13(28(2)27-10)14(29)26-7-8-4-5-11(9(19)6-8)30-16(21,22)15(20)31-17(23,24)25/h4-6,15H,3,7H2,1-2H3,(H,26,29). The topological polar surface area (TPSA) is 65.4 Å². The smallest absolute Gasteiger partial charge is 0.425 e. The van der Waals surface area contributed by atoms with Crippen molar-refractivity contribution in [2.45, 2.75) is 38.7 Å². The fraction of sp³-hybridized carbons (Fsp3) is 0.412. The summed E-state index contributed by atoms with van der Waals surface area (Å²) in [5, 5.41) is 6.63. The Morgan fingerprint density at radius 1 is 1.29 bits per heavy atom. The minimum absolute atomic E-state index is 0.0530. The molecular weight excluding hydrogens is 463 g/mol. The van der Waals surface area contributed by atoms with Crippen LogP contribution >= 0.6 is 11.6 Å². The third kappa shape index (κ3) is 6.23. The van der Waals surface area contributed by atoms with E-state index in [9.17, 15) is 35.5 Å². The zero-order valence-corrected chi connectivity index (χ0v) is 16.6. The van der Waals surface area contributed by atoms with Crippen molar-refractivity contribution in [3.8, 4) is 5.75 Å². The summed E-state index contributed by atoms with van der Waals surface area (Å²) in [5.74, 6) is -3.30. The van der Waals surface area contributed by atoms with Gasteiger partial charge < -0.3 is 10.1 Å². The largest absolute Gasteiger partial charge is 0.525 e. The second-order valence-corrected chi connectivity index (χ2v) is 6.46. The first kappa shape index (κ1) is 24.7. The van der Waals surface area contributed by atoms with E-state index in [2.05, 4.69) is 19.9 Å². The van der Waals surface area contributed by atoms with Crippen LogP contribution < -0.4 is 10.1 Å². The maximum absolute atomic E-state index is 14.0. The molecule has 1 atom stereocenters. The van der Waals surface area contributed by atoms with Crippen molar-refractivity contribution in [1.82, 2.24) is 15.1 Å². The summed E-state index contributed by atoms with van der Waals surface area (Å²) in [6, 6.07) is 2.35. The van der Waals surface area contributed by atoms with Crippen LogP contribution in [-0.4, -0.2) is 34.5 Å². The number of benzene rings is 1. The van der Waals surface area contributed by atoms with Gasteiger partial charge in [0, 0.05) is 13.6 Å². The summed E-state index contributed by atoms with van der Waals surface area (Å²) >= 11 is 6.08. The minimum atomic E-state index is -5.69. The highest BCUT2D eigenvalue weighted by molar-refractivity contribution is 6.34. The van der Waals surface area contributed by atoms with Gasteiger partial charge in [0.1, 0.15) is 5.69 Å². The number of hydrogen-bond acceptors (Lipinski definition) is 4. The highest BCUT2D eigenvalue weighted by Gasteiger charge is 2.51. The zero-order valence-electron chi connectivity index (χ0n) is 15.9. The molecule has 0 saturated heterocycles. The number of nitrogens with one attached hydrogen (secondary N) is 1. The van der Waals surface area contributed by atoms with Crippen LogP contribution in [0.2, 0.25) is 5.02 Å². The maximum atomic E-state index is 14.0. The van der Waals surface area contributed by atoms with Crippen LogP contribution in [0, 0.1) is 5.82 Å². The predicted octanol–water partition coefficient (Wildman–Crippen LogP) is 4.51. The molecular formula is C17H15ClF7N3O3. The molecule has 31 heavy (non-hydrogen) atoms. The van der Waals surface area contributed by atoms with Crippen LogP contribution in [0.1, 0.15) is 28.7 Å². The molecule has 0 bridgehead atoms. The number of halogens is 8. The molecule has 0 spiro atoms. The van der Waals surface area contributed by atoms with E-state index in [1.165, 1.54) is 11.7 Å². The van der Waals surface area contributed by atoms with Crippen LogP contribution in [0.5, 0.6) is 5.75 Å². The van der Waals surface area contributed by atoms with Crippen molar-refractivity contribution in [1.29, 1.82) is 0 Å². The predicted molar refractivity (Wildman–Crippen MR) is 92.8 cm³/mol. The number of ether oxygens (including phenoxy) is 2. The van der Waals surface area contributed by atoms with Gasteiger partial charge in [-0.1, -0.05) is 24.6 Å². The molecule has 1 amide bonds. The number of alkyl halides is 6. The van der Waals surface area contributed by atoms with Crippen molar-refractivity contribution in [2.24, 2.45) is 7.05 Å². The summed E-state index contributed by atoms with van der Waals surface area (Å²) < 4.78 is 97.0. The van der Waals surface area contributed by atoms with Crippen LogP contribution in [0.15, 0.2) is 18.2 Å². The Hall–Kier alpha value is -2.54. The number of rotatable bonds is 8. The molecule has 6 nitrogen and oxygen atoms in total. The number of amides is 1. The highest BCUT2D eigenvalue weighted by Crippen LogP contribution is 2.33. The fourth-order valence-electron chi connectivity index (χ4n) is 2.41. The molecule has 2 aromatic rings. The van der Waals surface area contributed by atoms with Gasteiger partial charge in [0.25, 0.3) is 5.91 Å². The molecule has 172 valence electrons. The van der Waals surface area contributed by atoms with Crippen molar-refractivity contribution < 1.29 is 45.0 Å². The molecule has 0 radical (unpaired) electrons. The van der Waals surface area contributed by atoms with Gasteiger partial charge in [-0.25, -0.2) is 13.5 Å². The van der Waals surface area contributed by atoms with Crippen LogP contribution in [0.4, 0.5) is 30.7 Å². The number of carbonyl (C=O) groups is 1. The molecule has 0 saturated carbocycles. The lowest BCUT2D eigenvalue weighted by Gasteiger charge is -2.22. The third-order valence-corrected chi connectivity index (χ3v) is 4.20. The third-order valence-electron chi connectivity index (χ3n) is 3.80. The Balaban J connectivity index is 2.06. The average Bonchev–Trinajstić information content (AvgIpc) is 2.93. The Morgan fingerprint density at radius 2 is 1.94 bits per heavy atom. The van der Waals surface area contributed by atoms with E-state index in [1.807, 2.05) is 0 Å². The molecule has 0 aliphatic carbocycles. The summed E-state index contributed by atoms with van der Waals surface area (Å²) in [4.78, 5) is 12.3. The molecule has 1 aromatic heterocycles. The van der Waals surface area contributed by atoms with E-state index in [0.717, 1.165) is 6.07 Å². The number of hydrogen-bond donors (Lipinski definition) is 1. The lowest BCUT2D eigenvalue weighted by molar-refractivity contribution is -0.411. The van der Waals surface area contributed by atoms with Gasteiger partial charge in [-0.15, -0.1) is 13.2 Å². The molecule has 14 heteroatoms. The van der Waals surface area contributed by atoms with E-state index in [4.69, 9.17) is 11.6 Å². The van der Waals surface area contributed by atoms with Crippen molar-refractivity contribution >= 4 is 17.5 Å². The first-order chi connectivity index (χ1) is 14.2. The lowest BCUT2D eigenvalue weighted by atomic mass is 10.2. The Morgan fingerprint density at radius 3 is 2.45 bits per heavy atom. The van der Waals surface area contributed by atoms with Crippen molar-refractivity contribution in [2.75, 3.05) is 0 Å². The average molecular weight is 478 g/mol. The number of aryl methyl sites for hydroxylation is 2. The first-order valence-corrected chi connectivity index (χ1v) is 8.86. The summed E-state index contributed by atoms with van der Waals surface area (Å²) in [5.41, 5.74) is 0.625. The molecule has 1 N–H and O–H groups in total. The minimum Gasteiger partial charge on any atom is -0.425 e. The van der Waals surface area contributed by atoms with E-state index < -0.39 is 36.3 Å². The summed E-state index contributed by atoms with van der Waals surface area (Å²) in [6.07, 6.45) is -14.6. The van der Waals surface area contributed by atoms with Gasteiger partial charge in [0.15, 0.2) is 11.6 Å². The van der Waals surface area contributed by atoms with Crippen LogP contribution in [-0.2, 0) is 24.8 Å². The Bertz CT molecular complexity index is 950. The van der Waals surface area contributed by atoms with E-state index in [-0.39, 0.29) is 22.8 Å². The van der Waals surface area contributed by atoms with Crippen LogP contribution in [0.25, 0.3) is 0 Å². The lowest BCUT2D eigenvalue weighted by Crippen LogP contribution is -2.41. The van der Waals surface area contributed by atoms with E-state index in [0.29, 0.717) is 24.2 Å². The quantitative estimate of drug-likeness (QED) is 0.568. The van der Waals surface area contributed by atoms with Crippen molar-refractivity contribution in [3.63, 3.8) is 0 Å². The van der Waals surface area contributed by atoms with Gasteiger partial charge >= 0.3 is 18.8 Å². The molecule has 1 heterocycles. The van der Waals surface area contributed by atoms with Gasteiger partial charge in [-0.05, 0) is 24.1 Å². The second kappa shape index (κ2) is 9.30. The molecule has 1 unspecified atom stereocenters. The number of carbonyl (C=O) groups excluding carboxylic acids is 1. The number of nitrogens with zero attached hydrogens (tertiary/aromatic N) is 2. The monoisotopic (exact) mass is 477 g/mol. The van der Waals surface area contributed by atoms with Crippen LogP contribution in [0.3, 0.4) is 0 Å².